The Morgan fingerprint density at radius 2 is 1.81 bits per heavy atom. The third-order valence-electron chi connectivity index (χ3n) is 4.69. The van der Waals surface area contributed by atoms with Gasteiger partial charge >= 0.3 is 0 Å². The Labute approximate surface area is 150 Å². The molecule has 5 heteroatoms. The highest BCUT2D eigenvalue weighted by Gasteiger charge is 2.32. The van der Waals surface area contributed by atoms with Crippen LogP contribution in [0.15, 0.2) is 66.7 Å². The molecule has 1 aliphatic heterocycles. The number of rotatable bonds is 4. The first-order valence-electron chi connectivity index (χ1n) is 8.49. The molecule has 0 bridgehead atoms. The summed E-state index contributed by atoms with van der Waals surface area (Å²) in [5.74, 6) is -0.988. The van der Waals surface area contributed by atoms with E-state index in [0.717, 1.165) is 5.69 Å². The number of carbonyl (C=O) groups excluding carboxylic acids is 2. The number of benzene rings is 2. The predicted molar refractivity (Wildman–Crippen MR) is 96.7 cm³/mol. The van der Waals surface area contributed by atoms with Crippen LogP contribution in [-0.2, 0) is 11.3 Å². The molecule has 0 saturated carbocycles. The number of hydrogen-bond acceptors (Lipinski definition) is 2. The molecule has 1 atom stereocenters. The fourth-order valence-corrected chi connectivity index (χ4v) is 3.44. The Morgan fingerprint density at radius 1 is 1.00 bits per heavy atom. The molecule has 0 fully saturated rings. The van der Waals surface area contributed by atoms with Gasteiger partial charge in [-0.25, -0.2) is 4.39 Å². The minimum atomic E-state index is -0.395. The highest BCUT2D eigenvalue weighted by atomic mass is 19.1. The average Bonchev–Trinajstić information content (AvgIpc) is 3.23. The Kier molecular flexibility index (Phi) is 4.13. The zero-order chi connectivity index (χ0) is 18.1. The van der Waals surface area contributed by atoms with E-state index in [1.54, 1.807) is 30.3 Å². The molecule has 1 aromatic heterocycles. The molecule has 0 spiro atoms. The Bertz CT molecular complexity index is 979. The number of carbonyl (C=O) groups is 2. The lowest BCUT2D eigenvalue weighted by atomic mass is 10.0. The Morgan fingerprint density at radius 3 is 2.58 bits per heavy atom. The Balaban J connectivity index is 1.56. The maximum absolute atomic E-state index is 13.3. The molecule has 1 N–H and O–H groups in total. The van der Waals surface area contributed by atoms with E-state index in [1.165, 1.54) is 12.1 Å². The molecule has 0 unspecified atom stereocenters. The number of nitrogens with zero attached hydrogens (tertiary/aromatic N) is 1. The fourth-order valence-electron chi connectivity index (χ4n) is 3.44. The van der Waals surface area contributed by atoms with Crippen LogP contribution in [0.3, 0.4) is 0 Å². The number of fused-ring (bicyclic) bond motifs is 1. The number of nitrogens with one attached hydrogen (secondary N) is 1. The summed E-state index contributed by atoms with van der Waals surface area (Å²) < 4.78 is 15.2. The summed E-state index contributed by atoms with van der Waals surface area (Å²) >= 11 is 0. The van der Waals surface area contributed by atoms with Crippen LogP contribution in [0.1, 0.15) is 34.1 Å². The molecule has 1 amide bonds. The first-order chi connectivity index (χ1) is 12.6. The maximum atomic E-state index is 13.3. The second-order valence-electron chi connectivity index (χ2n) is 6.33. The van der Waals surface area contributed by atoms with Gasteiger partial charge in [-0.3, -0.25) is 9.59 Å². The smallest absolute Gasteiger partial charge is 0.233 e. The minimum absolute atomic E-state index is 0.0527. The molecule has 2 aromatic carbocycles. The Hall–Kier alpha value is -3.21. The predicted octanol–water partition coefficient (Wildman–Crippen LogP) is 3.98. The average molecular weight is 348 g/mol. The molecule has 3 aromatic rings. The largest absolute Gasteiger partial charge is 0.341 e. The van der Waals surface area contributed by atoms with Gasteiger partial charge in [0, 0.05) is 23.5 Å². The van der Waals surface area contributed by atoms with E-state index in [1.807, 2.05) is 28.8 Å². The van der Waals surface area contributed by atoms with Gasteiger partial charge in [0.1, 0.15) is 5.82 Å². The van der Waals surface area contributed by atoms with E-state index in [0.29, 0.717) is 29.9 Å². The molecule has 0 saturated heterocycles. The van der Waals surface area contributed by atoms with Crippen molar-refractivity contribution < 1.29 is 14.0 Å². The van der Waals surface area contributed by atoms with Gasteiger partial charge in [0.05, 0.1) is 11.6 Å². The monoisotopic (exact) mass is 348 g/mol. The van der Waals surface area contributed by atoms with Crippen LogP contribution < -0.4 is 5.32 Å². The standard InChI is InChI=1S/C21H17FN2O2/c22-15-7-4-8-16(13-15)23-21(26)17-11-12-24-18(17)9-10-19(24)20(25)14-5-2-1-3-6-14/h1-10,13,17H,11-12H2,(H,23,26)/t17-/m1/s1. The molecular formula is C21H17FN2O2. The van der Waals surface area contributed by atoms with E-state index < -0.39 is 5.82 Å². The second kappa shape index (κ2) is 6.59. The highest BCUT2D eigenvalue weighted by Crippen LogP contribution is 2.32. The van der Waals surface area contributed by atoms with Crippen LogP contribution in [0.5, 0.6) is 0 Å². The first kappa shape index (κ1) is 16.3. The molecular weight excluding hydrogens is 331 g/mol. The number of aromatic nitrogens is 1. The number of halogens is 1. The number of anilines is 1. The van der Waals surface area contributed by atoms with Gasteiger partial charge in [-0.1, -0.05) is 36.4 Å². The summed E-state index contributed by atoms with van der Waals surface area (Å²) in [5.41, 5.74) is 2.46. The normalized spacial score (nSPS) is 15.5. The van der Waals surface area contributed by atoms with Crippen LogP contribution >= 0.6 is 0 Å². The zero-order valence-electron chi connectivity index (χ0n) is 14.0. The van der Waals surface area contributed by atoms with Crippen molar-refractivity contribution in [3.05, 3.63) is 89.5 Å². The molecule has 4 rings (SSSR count). The quantitative estimate of drug-likeness (QED) is 0.725. The molecule has 4 nitrogen and oxygen atoms in total. The molecule has 0 radical (unpaired) electrons. The lowest BCUT2D eigenvalue weighted by Gasteiger charge is -2.10. The van der Waals surface area contributed by atoms with E-state index in [9.17, 15) is 14.0 Å². The molecule has 26 heavy (non-hydrogen) atoms. The summed E-state index contributed by atoms with van der Waals surface area (Å²) in [6.45, 7) is 0.609. The summed E-state index contributed by atoms with van der Waals surface area (Å²) in [4.78, 5) is 25.3. The molecule has 2 heterocycles. The van der Waals surface area contributed by atoms with Crippen molar-refractivity contribution in [2.24, 2.45) is 0 Å². The third-order valence-corrected chi connectivity index (χ3v) is 4.69. The van der Waals surface area contributed by atoms with Crippen LogP contribution in [0.4, 0.5) is 10.1 Å². The number of ketones is 1. The van der Waals surface area contributed by atoms with Gasteiger partial charge < -0.3 is 9.88 Å². The second-order valence-corrected chi connectivity index (χ2v) is 6.33. The van der Waals surface area contributed by atoms with E-state index in [2.05, 4.69) is 5.32 Å². The van der Waals surface area contributed by atoms with Gasteiger partial charge in [0.2, 0.25) is 11.7 Å². The highest BCUT2D eigenvalue weighted by molar-refractivity contribution is 6.08. The lowest BCUT2D eigenvalue weighted by Crippen LogP contribution is -2.19. The summed E-state index contributed by atoms with van der Waals surface area (Å²) in [6, 6.07) is 18.5. The SMILES string of the molecule is O=C(c1ccccc1)c1ccc2n1CC[C@H]2C(=O)Nc1cccc(F)c1. The van der Waals surface area contributed by atoms with Crippen LogP contribution in [0.25, 0.3) is 0 Å². The molecule has 130 valence electrons. The van der Waals surface area contributed by atoms with Crippen molar-refractivity contribution in [1.29, 1.82) is 0 Å². The van der Waals surface area contributed by atoms with Gasteiger partial charge in [0.25, 0.3) is 0 Å². The summed E-state index contributed by atoms with van der Waals surface area (Å²) in [7, 11) is 0. The van der Waals surface area contributed by atoms with Crippen molar-refractivity contribution in [2.45, 2.75) is 18.9 Å². The van der Waals surface area contributed by atoms with Gasteiger partial charge in [-0.2, -0.15) is 0 Å². The molecule has 0 aliphatic carbocycles. The van der Waals surface area contributed by atoms with Crippen molar-refractivity contribution >= 4 is 17.4 Å². The summed E-state index contributed by atoms with van der Waals surface area (Å²) in [5, 5.41) is 2.76. The van der Waals surface area contributed by atoms with Gasteiger partial charge in [0.15, 0.2) is 0 Å². The fraction of sp³-hybridized carbons (Fsp3) is 0.143. The van der Waals surface area contributed by atoms with Crippen molar-refractivity contribution in [3.8, 4) is 0 Å². The van der Waals surface area contributed by atoms with Crippen LogP contribution in [0.2, 0.25) is 0 Å². The topological polar surface area (TPSA) is 51.1 Å². The van der Waals surface area contributed by atoms with Crippen molar-refractivity contribution in [3.63, 3.8) is 0 Å². The third kappa shape index (κ3) is 2.92. The van der Waals surface area contributed by atoms with E-state index in [4.69, 9.17) is 0 Å². The van der Waals surface area contributed by atoms with Gasteiger partial charge in [-0.15, -0.1) is 0 Å². The van der Waals surface area contributed by atoms with E-state index >= 15 is 0 Å². The number of amides is 1. The zero-order valence-corrected chi connectivity index (χ0v) is 14.0. The first-order valence-corrected chi connectivity index (χ1v) is 8.49. The van der Waals surface area contributed by atoms with Crippen LogP contribution in [-0.4, -0.2) is 16.3 Å². The van der Waals surface area contributed by atoms with Crippen molar-refractivity contribution in [2.75, 3.05) is 5.32 Å². The lowest BCUT2D eigenvalue weighted by molar-refractivity contribution is -0.117. The molecule has 1 aliphatic rings. The van der Waals surface area contributed by atoms with Gasteiger partial charge in [-0.05, 0) is 36.8 Å². The number of hydrogen-bond donors (Lipinski definition) is 1. The minimum Gasteiger partial charge on any atom is -0.341 e. The van der Waals surface area contributed by atoms with E-state index in [-0.39, 0.29) is 17.6 Å². The van der Waals surface area contributed by atoms with Crippen molar-refractivity contribution in [1.82, 2.24) is 4.57 Å². The maximum Gasteiger partial charge on any atom is 0.233 e. The van der Waals surface area contributed by atoms with Crippen LogP contribution in [0, 0.1) is 5.82 Å². The summed E-state index contributed by atoms with van der Waals surface area (Å²) in [6.07, 6.45) is 0.617.